The average Bonchev–Trinajstić information content (AvgIpc) is 2.40. The number of hydrogen-bond acceptors (Lipinski definition) is 6. The summed E-state index contributed by atoms with van der Waals surface area (Å²) in [6, 6.07) is 6.25. The molecule has 1 aromatic heterocycles. The van der Waals surface area contributed by atoms with E-state index in [1.807, 2.05) is 0 Å². The van der Waals surface area contributed by atoms with Crippen LogP contribution < -0.4 is 5.73 Å². The van der Waals surface area contributed by atoms with Gasteiger partial charge in [-0.05, 0) is 18.1 Å². The fourth-order valence-corrected chi connectivity index (χ4v) is 1.50. The van der Waals surface area contributed by atoms with Crippen molar-refractivity contribution in [3.8, 4) is 11.4 Å². The quantitative estimate of drug-likeness (QED) is 0.771. The van der Waals surface area contributed by atoms with Crippen molar-refractivity contribution in [2.45, 2.75) is 12.5 Å². The summed E-state index contributed by atoms with van der Waals surface area (Å²) < 4.78 is 0. The molecule has 0 aliphatic carbocycles. The van der Waals surface area contributed by atoms with Crippen molar-refractivity contribution in [2.75, 3.05) is 0 Å². The first-order valence-corrected chi connectivity index (χ1v) is 5.25. The predicted molar refractivity (Wildman–Crippen MR) is 62.4 cm³/mol. The molecule has 0 spiro atoms. The summed E-state index contributed by atoms with van der Waals surface area (Å²) in [6.07, 6.45) is 1.49. The molecule has 18 heavy (non-hydrogen) atoms. The van der Waals surface area contributed by atoms with Crippen LogP contribution >= 0.6 is 0 Å². The van der Waals surface area contributed by atoms with E-state index in [0.29, 0.717) is 5.82 Å². The van der Waals surface area contributed by atoms with Gasteiger partial charge in [-0.2, -0.15) is 0 Å². The summed E-state index contributed by atoms with van der Waals surface area (Å²) in [4.78, 5) is 10.7. The average molecular weight is 245 g/mol. The first kappa shape index (κ1) is 12.1. The molecule has 0 amide bonds. The Labute approximate surface area is 103 Å². The third-order valence-electron chi connectivity index (χ3n) is 2.37. The number of aromatic nitrogens is 4. The number of hydrogen-bond donors (Lipinski definition) is 2. The van der Waals surface area contributed by atoms with Gasteiger partial charge >= 0.3 is 5.97 Å². The van der Waals surface area contributed by atoms with Crippen molar-refractivity contribution in [2.24, 2.45) is 5.73 Å². The van der Waals surface area contributed by atoms with Crippen molar-refractivity contribution in [3.63, 3.8) is 0 Å². The fraction of sp³-hybridized carbons (Fsp3) is 0.182. The van der Waals surface area contributed by atoms with Crippen LogP contribution in [0.25, 0.3) is 11.4 Å². The molecule has 0 bridgehead atoms. The van der Waals surface area contributed by atoms with Crippen LogP contribution in [0.4, 0.5) is 0 Å². The number of carboxylic acids is 1. The predicted octanol–water partition coefficient (Wildman–Crippen LogP) is -0.112. The summed E-state index contributed by atoms with van der Waals surface area (Å²) in [5.74, 6) is -0.636. The van der Waals surface area contributed by atoms with Crippen LogP contribution in [-0.2, 0) is 11.2 Å². The van der Waals surface area contributed by atoms with E-state index >= 15 is 0 Å². The Morgan fingerprint density at radius 1 is 1.33 bits per heavy atom. The number of nitrogens with two attached hydrogens (primary N) is 1. The summed E-state index contributed by atoms with van der Waals surface area (Å²) >= 11 is 0. The largest absolute Gasteiger partial charge is 0.480 e. The fourth-order valence-electron chi connectivity index (χ4n) is 1.50. The van der Waals surface area contributed by atoms with E-state index in [0.717, 1.165) is 11.1 Å². The monoisotopic (exact) mass is 245 g/mol. The number of aliphatic carboxylic acids is 1. The van der Waals surface area contributed by atoms with Gasteiger partial charge in [0.1, 0.15) is 6.04 Å². The van der Waals surface area contributed by atoms with Gasteiger partial charge in [0.15, 0.2) is 6.33 Å². The van der Waals surface area contributed by atoms with E-state index in [2.05, 4.69) is 20.4 Å². The number of carboxylic acid groups (broad SMARTS) is 1. The van der Waals surface area contributed by atoms with Crippen LogP contribution in [0.1, 0.15) is 5.56 Å². The standard InChI is InChI=1S/C11H11N5O2/c12-9(11(17)18)5-7-2-1-3-8(4-7)10-15-13-6-14-16-10/h1-4,6,9H,5,12H2,(H,17,18)/t9-/m0/s1. The molecular formula is C11H11N5O2. The van der Waals surface area contributed by atoms with E-state index in [-0.39, 0.29) is 6.42 Å². The van der Waals surface area contributed by atoms with Crippen LogP contribution in [0.3, 0.4) is 0 Å². The zero-order chi connectivity index (χ0) is 13.0. The minimum absolute atomic E-state index is 0.247. The highest BCUT2D eigenvalue weighted by molar-refractivity contribution is 5.73. The maximum atomic E-state index is 10.7. The number of benzene rings is 1. The maximum absolute atomic E-state index is 10.7. The number of carbonyl (C=O) groups is 1. The minimum Gasteiger partial charge on any atom is -0.480 e. The van der Waals surface area contributed by atoms with Gasteiger partial charge < -0.3 is 10.8 Å². The van der Waals surface area contributed by atoms with Crippen LogP contribution in [0.15, 0.2) is 30.6 Å². The molecule has 0 aliphatic heterocycles. The van der Waals surface area contributed by atoms with Crippen molar-refractivity contribution in [3.05, 3.63) is 36.2 Å². The molecule has 0 saturated carbocycles. The molecule has 3 N–H and O–H groups in total. The summed E-state index contributed by atoms with van der Waals surface area (Å²) in [5, 5.41) is 23.7. The summed E-state index contributed by atoms with van der Waals surface area (Å²) in [6.45, 7) is 0. The zero-order valence-corrected chi connectivity index (χ0v) is 9.39. The molecule has 7 heteroatoms. The lowest BCUT2D eigenvalue weighted by Crippen LogP contribution is -2.32. The first-order chi connectivity index (χ1) is 8.66. The number of rotatable bonds is 4. The second-order valence-corrected chi connectivity index (χ2v) is 3.72. The highest BCUT2D eigenvalue weighted by Crippen LogP contribution is 2.15. The normalized spacial score (nSPS) is 12.1. The van der Waals surface area contributed by atoms with Crippen LogP contribution in [0.5, 0.6) is 0 Å². The van der Waals surface area contributed by atoms with E-state index in [9.17, 15) is 4.79 Å². The van der Waals surface area contributed by atoms with Crippen molar-refractivity contribution in [1.29, 1.82) is 0 Å². The molecule has 0 radical (unpaired) electrons. The molecule has 7 nitrogen and oxygen atoms in total. The van der Waals surface area contributed by atoms with E-state index in [1.54, 1.807) is 24.3 Å². The van der Waals surface area contributed by atoms with Gasteiger partial charge in [-0.3, -0.25) is 4.79 Å². The lowest BCUT2D eigenvalue weighted by molar-refractivity contribution is -0.138. The minimum atomic E-state index is -1.03. The maximum Gasteiger partial charge on any atom is 0.320 e. The van der Waals surface area contributed by atoms with Crippen LogP contribution in [0, 0.1) is 0 Å². The van der Waals surface area contributed by atoms with Gasteiger partial charge in [-0.1, -0.05) is 18.2 Å². The molecule has 0 unspecified atom stereocenters. The van der Waals surface area contributed by atoms with Crippen molar-refractivity contribution in [1.82, 2.24) is 20.4 Å². The van der Waals surface area contributed by atoms with E-state index in [1.165, 1.54) is 6.33 Å². The summed E-state index contributed by atoms with van der Waals surface area (Å²) in [5.41, 5.74) is 7.01. The highest BCUT2D eigenvalue weighted by atomic mass is 16.4. The Bertz CT molecular complexity index is 546. The third kappa shape index (κ3) is 2.83. The van der Waals surface area contributed by atoms with Gasteiger partial charge in [-0.15, -0.1) is 20.4 Å². The molecule has 92 valence electrons. The van der Waals surface area contributed by atoms with Gasteiger partial charge in [0.2, 0.25) is 5.82 Å². The molecule has 0 aliphatic rings. The second-order valence-electron chi connectivity index (χ2n) is 3.72. The molecule has 0 fully saturated rings. The Kier molecular flexibility index (Phi) is 3.54. The van der Waals surface area contributed by atoms with E-state index in [4.69, 9.17) is 10.8 Å². The van der Waals surface area contributed by atoms with Crippen molar-refractivity contribution < 1.29 is 9.90 Å². The number of nitrogens with zero attached hydrogens (tertiary/aromatic N) is 4. The van der Waals surface area contributed by atoms with Crippen molar-refractivity contribution >= 4 is 5.97 Å². The van der Waals surface area contributed by atoms with Crippen LogP contribution in [0.2, 0.25) is 0 Å². The van der Waals surface area contributed by atoms with Crippen LogP contribution in [-0.4, -0.2) is 37.5 Å². The highest BCUT2D eigenvalue weighted by Gasteiger charge is 2.12. The van der Waals surface area contributed by atoms with E-state index < -0.39 is 12.0 Å². The molecule has 1 atom stereocenters. The Hall–Kier alpha value is -2.41. The lowest BCUT2D eigenvalue weighted by atomic mass is 10.0. The lowest BCUT2D eigenvalue weighted by Gasteiger charge is -2.07. The smallest absolute Gasteiger partial charge is 0.320 e. The van der Waals surface area contributed by atoms with Gasteiger partial charge in [0.25, 0.3) is 0 Å². The molecule has 2 aromatic rings. The molecule has 2 rings (SSSR count). The zero-order valence-electron chi connectivity index (χ0n) is 9.39. The second kappa shape index (κ2) is 5.28. The molecule has 0 saturated heterocycles. The molecular weight excluding hydrogens is 234 g/mol. The molecule has 1 aromatic carbocycles. The summed E-state index contributed by atoms with van der Waals surface area (Å²) in [7, 11) is 0. The van der Waals surface area contributed by atoms with Gasteiger partial charge in [0.05, 0.1) is 0 Å². The Morgan fingerprint density at radius 2 is 2.06 bits per heavy atom. The van der Waals surface area contributed by atoms with Gasteiger partial charge in [-0.25, -0.2) is 0 Å². The first-order valence-electron chi connectivity index (χ1n) is 5.25. The topological polar surface area (TPSA) is 115 Å². The SMILES string of the molecule is N[C@@H](Cc1cccc(-c2nncnn2)c1)C(=O)O. The molecule has 1 heterocycles. The third-order valence-corrected chi connectivity index (χ3v) is 2.37. The van der Waals surface area contributed by atoms with Gasteiger partial charge in [0, 0.05) is 5.56 Å². The Balaban J connectivity index is 2.23. The Morgan fingerprint density at radius 3 is 2.72 bits per heavy atom.